The van der Waals surface area contributed by atoms with Crippen molar-refractivity contribution in [3.05, 3.63) is 29.3 Å². The molecule has 0 aliphatic heterocycles. The van der Waals surface area contributed by atoms with Crippen LogP contribution >= 0.6 is 0 Å². The summed E-state index contributed by atoms with van der Waals surface area (Å²) >= 11 is 0. The van der Waals surface area contributed by atoms with Gasteiger partial charge in [-0.05, 0) is 30.0 Å². The maximum absolute atomic E-state index is 11.7. The Balaban J connectivity index is 2.55. The highest BCUT2D eigenvalue weighted by atomic mass is 16.5. The first-order valence-electron chi connectivity index (χ1n) is 7.14. The van der Waals surface area contributed by atoms with Crippen LogP contribution in [0.15, 0.2) is 18.2 Å². The number of ether oxygens (including phenoxy) is 1. The van der Waals surface area contributed by atoms with Crippen LogP contribution < -0.4 is 10.1 Å². The third-order valence-corrected chi connectivity index (χ3v) is 3.48. The normalized spacial score (nSPS) is 11.8. The van der Waals surface area contributed by atoms with Gasteiger partial charge in [0.05, 0.1) is 12.7 Å². The van der Waals surface area contributed by atoms with E-state index < -0.39 is 5.97 Å². The predicted molar refractivity (Wildman–Crippen MR) is 80.7 cm³/mol. The van der Waals surface area contributed by atoms with Crippen LogP contribution in [0.1, 0.15) is 42.6 Å². The summed E-state index contributed by atoms with van der Waals surface area (Å²) in [7, 11) is 1.51. The van der Waals surface area contributed by atoms with Crippen molar-refractivity contribution in [1.82, 2.24) is 5.32 Å². The molecule has 1 atom stereocenters. The van der Waals surface area contributed by atoms with E-state index in [1.54, 1.807) is 12.1 Å². The van der Waals surface area contributed by atoms with Crippen molar-refractivity contribution in [3.63, 3.8) is 0 Å². The average molecular weight is 293 g/mol. The summed E-state index contributed by atoms with van der Waals surface area (Å²) < 4.78 is 5.20. The standard InChI is InChI=1S/C16H23NO4/c1-4-11(2)9-15(18)17-8-7-12-5-6-13(16(19)20)10-14(12)21-3/h5-6,10-11H,4,7-9H2,1-3H3,(H,17,18)(H,19,20). The fourth-order valence-corrected chi connectivity index (χ4v) is 1.95. The van der Waals surface area contributed by atoms with Crippen LogP contribution in [0.5, 0.6) is 5.75 Å². The number of hydrogen-bond acceptors (Lipinski definition) is 3. The molecule has 0 heterocycles. The number of carboxylic acids is 1. The van der Waals surface area contributed by atoms with Gasteiger partial charge >= 0.3 is 5.97 Å². The molecule has 0 aliphatic rings. The smallest absolute Gasteiger partial charge is 0.335 e. The van der Waals surface area contributed by atoms with Crippen molar-refractivity contribution in [2.24, 2.45) is 5.92 Å². The van der Waals surface area contributed by atoms with Crippen molar-refractivity contribution in [3.8, 4) is 5.75 Å². The fourth-order valence-electron chi connectivity index (χ4n) is 1.95. The highest BCUT2D eigenvalue weighted by Gasteiger charge is 2.10. The van der Waals surface area contributed by atoms with Gasteiger partial charge in [-0.2, -0.15) is 0 Å². The first-order valence-corrected chi connectivity index (χ1v) is 7.14. The lowest BCUT2D eigenvalue weighted by atomic mass is 10.0. The van der Waals surface area contributed by atoms with Gasteiger partial charge in [0.1, 0.15) is 5.75 Å². The molecule has 1 unspecified atom stereocenters. The van der Waals surface area contributed by atoms with Gasteiger partial charge in [-0.3, -0.25) is 4.79 Å². The van der Waals surface area contributed by atoms with Crippen molar-refractivity contribution in [1.29, 1.82) is 0 Å². The van der Waals surface area contributed by atoms with E-state index in [4.69, 9.17) is 9.84 Å². The molecule has 0 spiro atoms. The van der Waals surface area contributed by atoms with E-state index >= 15 is 0 Å². The largest absolute Gasteiger partial charge is 0.496 e. The number of nitrogens with one attached hydrogen (secondary N) is 1. The summed E-state index contributed by atoms with van der Waals surface area (Å²) in [5.41, 5.74) is 1.07. The molecule has 1 aromatic carbocycles. The number of rotatable bonds is 8. The third-order valence-electron chi connectivity index (χ3n) is 3.48. The van der Waals surface area contributed by atoms with E-state index in [2.05, 4.69) is 12.2 Å². The molecule has 1 aromatic rings. The van der Waals surface area contributed by atoms with E-state index in [-0.39, 0.29) is 11.5 Å². The van der Waals surface area contributed by atoms with Gasteiger partial charge in [0.25, 0.3) is 0 Å². The Hall–Kier alpha value is -2.04. The SMILES string of the molecule is CCC(C)CC(=O)NCCc1ccc(C(=O)O)cc1OC. The van der Waals surface area contributed by atoms with Gasteiger partial charge in [-0.1, -0.05) is 26.3 Å². The molecule has 0 aliphatic carbocycles. The molecule has 0 bridgehead atoms. The van der Waals surface area contributed by atoms with Crippen molar-refractivity contribution >= 4 is 11.9 Å². The number of carbonyl (C=O) groups is 2. The number of methoxy groups -OCH3 is 1. The highest BCUT2D eigenvalue weighted by molar-refractivity contribution is 5.88. The van der Waals surface area contributed by atoms with Crippen LogP contribution in [0.25, 0.3) is 0 Å². The van der Waals surface area contributed by atoms with E-state index in [0.717, 1.165) is 12.0 Å². The number of carbonyl (C=O) groups excluding carboxylic acids is 1. The summed E-state index contributed by atoms with van der Waals surface area (Å²) in [4.78, 5) is 22.6. The van der Waals surface area contributed by atoms with Crippen molar-refractivity contribution < 1.29 is 19.4 Å². The van der Waals surface area contributed by atoms with Crippen LogP contribution in [-0.4, -0.2) is 30.6 Å². The van der Waals surface area contributed by atoms with Crippen LogP contribution in [0.4, 0.5) is 0 Å². The second-order valence-corrected chi connectivity index (χ2v) is 5.15. The van der Waals surface area contributed by atoms with Gasteiger partial charge in [0.2, 0.25) is 5.91 Å². The quantitative estimate of drug-likeness (QED) is 0.772. The number of hydrogen-bond donors (Lipinski definition) is 2. The molecule has 0 saturated carbocycles. The average Bonchev–Trinajstić information content (AvgIpc) is 2.46. The number of aromatic carboxylic acids is 1. The molecule has 5 heteroatoms. The fraction of sp³-hybridized carbons (Fsp3) is 0.500. The topological polar surface area (TPSA) is 75.6 Å². The maximum Gasteiger partial charge on any atom is 0.335 e. The van der Waals surface area contributed by atoms with Crippen LogP contribution in [0.2, 0.25) is 0 Å². The summed E-state index contributed by atoms with van der Waals surface area (Å²) in [5.74, 6) is -0.0207. The molecule has 116 valence electrons. The van der Waals surface area contributed by atoms with Gasteiger partial charge < -0.3 is 15.2 Å². The molecular formula is C16H23NO4. The molecule has 0 aromatic heterocycles. The highest BCUT2D eigenvalue weighted by Crippen LogP contribution is 2.20. The number of benzene rings is 1. The van der Waals surface area contributed by atoms with Crippen LogP contribution in [-0.2, 0) is 11.2 Å². The molecule has 1 amide bonds. The van der Waals surface area contributed by atoms with Gasteiger partial charge in [0, 0.05) is 13.0 Å². The summed E-state index contributed by atoms with van der Waals surface area (Å²) in [5, 5.41) is 11.8. The second kappa shape index (κ2) is 8.29. The molecule has 0 saturated heterocycles. The first kappa shape index (κ1) is 17.0. The van der Waals surface area contributed by atoms with Crippen molar-refractivity contribution in [2.75, 3.05) is 13.7 Å². The molecular weight excluding hydrogens is 270 g/mol. The Kier molecular flexibility index (Phi) is 6.72. The zero-order valence-electron chi connectivity index (χ0n) is 12.8. The zero-order chi connectivity index (χ0) is 15.8. The van der Waals surface area contributed by atoms with Crippen molar-refractivity contribution in [2.45, 2.75) is 33.1 Å². The maximum atomic E-state index is 11.7. The summed E-state index contributed by atoms with van der Waals surface area (Å²) in [6.07, 6.45) is 2.12. The number of amides is 1. The molecule has 21 heavy (non-hydrogen) atoms. The molecule has 0 fully saturated rings. The minimum atomic E-state index is -0.985. The Morgan fingerprint density at radius 1 is 1.38 bits per heavy atom. The lowest BCUT2D eigenvalue weighted by Gasteiger charge is -2.11. The van der Waals surface area contributed by atoms with Gasteiger partial charge in [-0.15, -0.1) is 0 Å². The summed E-state index contributed by atoms with van der Waals surface area (Å²) in [6.45, 7) is 4.62. The predicted octanol–water partition coefficient (Wildman–Crippen LogP) is 2.49. The lowest BCUT2D eigenvalue weighted by Crippen LogP contribution is -2.27. The zero-order valence-corrected chi connectivity index (χ0v) is 12.8. The first-order chi connectivity index (χ1) is 9.97. The Morgan fingerprint density at radius 2 is 2.10 bits per heavy atom. The van der Waals surface area contributed by atoms with E-state index in [1.165, 1.54) is 13.2 Å². The lowest BCUT2D eigenvalue weighted by molar-refractivity contribution is -0.121. The second-order valence-electron chi connectivity index (χ2n) is 5.15. The Bertz CT molecular complexity index is 499. The molecule has 5 nitrogen and oxygen atoms in total. The monoisotopic (exact) mass is 293 g/mol. The molecule has 2 N–H and O–H groups in total. The Morgan fingerprint density at radius 3 is 2.67 bits per heavy atom. The summed E-state index contributed by atoms with van der Waals surface area (Å²) in [6, 6.07) is 4.77. The minimum absolute atomic E-state index is 0.0467. The number of carboxylic acid groups (broad SMARTS) is 1. The van der Waals surface area contributed by atoms with Crippen LogP contribution in [0, 0.1) is 5.92 Å². The van der Waals surface area contributed by atoms with Crippen LogP contribution in [0.3, 0.4) is 0 Å². The van der Waals surface area contributed by atoms with E-state index in [1.807, 2.05) is 6.92 Å². The third kappa shape index (κ3) is 5.45. The van der Waals surface area contributed by atoms with E-state index in [9.17, 15) is 9.59 Å². The van der Waals surface area contributed by atoms with E-state index in [0.29, 0.717) is 31.1 Å². The van der Waals surface area contributed by atoms with Gasteiger partial charge in [-0.25, -0.2) is 4.79 Å². The Labute approximate surface area is 125 Å². The minimum Gasteiger partial charge on any atom is -0.496 e. The molecule has 0 radical (unpaired) electrons. The molecule has 1 rings (SSSR count). The van der Waals surface area contributed by atoms with Gasteiger partial charge in [0.15, 0.2) is 0 Å².